The van der Waals surface area contributed by atoms with Crippen molar-refractivity contribution in [3.05, 3.63) is 59.1 Å². The fourth-order valence-electron chi connectivity index (χ4n) is 3.04. The summed E-state index contributed by atoms with van der Waals surface area (Å²) in [6.07, 6.45) is -4.80. The van der Waals surface area contributed by atoms with E-state index in [-0.39, 0.29) is 30.3 Å². The normalized spacial score (nSPS) is 12.5. The van der Waals surface area contributed by atoms with Crippen LogP contribution in [0, 0.1) is 12.8 Å². The van der Waals surface area contributed by atoms with E-state index in [1.165, 1.54) is 18.2 Å². The van der Waals surface area contributed by atoms with E-state index in [0.717, 1.165) is 11.3 Å². The SMILES string of the molecule is Cc1cc(Nc2cc(-c3cccc(OC(F)(F)F)c3)nc(N[C@H](CO)C(C)C)n2)ccc1Cl. The summed E-state index contributed by atoms with van der Waals surface area (Å²) in [5, 5.41) is 16.6. The van der Waals surface area contributed by atoms with Crippen LogP contribution in [0.25, 0.3) is 11.3 Å². The Hall–Kier alpha value is -3.04. The second-order valence-corrected chi connectivity index (χ2v) is 8.21. The lowest BCUT2D eigenvalue weighted by molar-refractivity contribution is -0.274. The number of aromatic nitrogens is 2. The summed E-state index contributed by atoms with van der Waals surface area (Å²) in [5.74, 6) is 0.356. The van der Waals surface area contributed by atoms with Crippen LogP contribution in [0.5, 0.6) is 5.75 Å². The first-order valence-corrected chi connectivity index (χ1v) is 10.6. The number of aliphatic hydroxyl groups is 1. The Bertz CT molecular complexity index is 1110. The summed E-state index contributed by atoms with van der Waals surface area (Å²) in [7, 11) is 0. The van der Waals surface area contributed by atoms with Crippen molar-refractivity contribution in [1.29, 1.82) is 0 Å². The second kappa shape index (κ2) is 10.3. The number of nitrogens with zero attached hydrogens (tertiary/aromatic N) is 2. The topological polar surface area (TPSA) is 79.3 Å². The number of hydrogen-bond donors (Lipinski definition) is 3. The first kappa shape index (κ1) is 24.6. The van der Waals surface area contributed by atoms with Crippen LogP contribution in [0.3, 0.4) is 0 Å². The molecule has 1 aromatic heterocycles. The average Bonchev–Trinajstić information content (AvgIpc) is 2.73. The molecule has 2 aromatic carbocycles. The van der Waals surface area contributed by atoms with Gasteiger partial charge >= 0.3 is 6.36 Å². The Labute approximate surface area is 194 Å². The van der Waals surface area contributed by atoms with E-state index in [1.54, 1.807) is 24.3 Å². The fourth-order valence-corrected chi connectivity index (χ4v) is 3.15. The number of rotatable bonds is 8. The van der Waals surface area contributed by atoms with Gasteiger partial charge in [-0.2, -0.15) is 4.98 Å². The summed E-state index contributed by atoms with van der Waals surface area (Å²) in [5.41, 5.74) is 2.37. The third-order valence-electron chi connectivity index (χ3n) is 4.84. The van der Waals surface area contributed by atoms with Gasteiger partial charge < -0.3 is 20.5 Å². The molecule has 0 aliphatic carbocycles. The molecular formula is C23H24ClF3N4O2. The van der Waals surface area contributed by atoms with Gasteiger partial charge in [0, 0.05) is 22.3 Å². The Kier molecular flexibility index (Phi) is 7.65. The maximum atomic E-state index is 12.7. The van der Waals surface area contributed by atoms with Gasteiger partial charge in [-0.15, -0.1) is 13.2 Å². The van der Waals surface area contributed by atoms with Crippen molar-refractivity contribution in [2.75, 3.05) is 17.2 Å². The molecule has 0 fully saturated rings. The minimum absolute atomic E-state index is 0.0843. The van der Waals surface area contributed by atoms with Crippen molar-refractivity contribution >= 4 is 29.1 Å². The quantitative estimate of drug-likeness (QED) is 0.357. The number of halogens is 4. The number of benzene rings is 2. The van der Waals surface area contributed by atoms with Crippen molar-refractivity contribution < 1.29 is 23.0 Å². The van der Waals surface area contributed by atoms with Crippen molar-refractivity contribution in [2.45, 2.75) is 33.2 Å². The number of ether oxygens (including phenoxy) is 1. The number of aryl methyl sites for hydroxylation is 1. The third-order valence-corrected chi connectivity index (χ3v) is 5.26. The molecule has 0 saturated heterocycles. The van der Waals surface area contributed by atoms with E-state index in [0.29, 0.717) is 22.1 Å². The molecule has 3 rings (SSSR count). The van der Waals surface area contributed by atoms with Crippen molar-refractivity contribution in [3.63, 3.8) is 0 Å². The van der Waals surface area contributed by atoms with Gasteiger partial charge in [0.05, 0.1) is 18.3 Å². The van der Waals surface area contributed by atoms with Gasteiger partial charge in [-0.05, 0) is 48.7 Å². The van der Waals surface area contributed by atoms with Crippen molar-refractivity contribution in [1.82, 2.24) is 9.97 Å². The first-order chi connectivity index (χ1) is 15.5. The van der Waals surface area contributed by atoms with Crippen molar-refractivity contribution in [3.8, 4) is 17.0 Å². The molecule has 0 aliphatic rings. The molecule has 1 heterocycles. The summed E-state index contributed by atoms with van der Waals surface area (Å²) in [4.78, 5) is 8.92. The molecule has 3 N–H and O–H groups in total. The Morgan fingerprint density at radius 2 is 1.85 bits per heavy atom. The number of hydrogen-bond acceptors (Lipinski definition) is 6. The lowest BCUT2D eigenvalue weighted by atomic mass is 10.1. The molecule has 176 valence electrons. The maximum Gasteiger partial charge on any atom is 0.573 e. The van der Waals surface area contributed by atoms with Crippen LogP contribution in [0.4, 0.5) is 30.6 Å². The minimum atomic E-state index is -4.80. The molecule has 0 radical (unpaired) electrons. The summed E-state index contributed by atoms with van der Waals surface area (Å²) >= 11 is 6.10. The predicted octanol–water partition coefficient (Wildman–Crippen LogP) is 6.18. The van der Waals surface area contributed by atoms with E-state index in [1.807, 2.05) is 26.8 Å². The van der Waals surface area contributed by atoms with Gasteiger partial charge in [-0.3, -0.25) is 0 Å². The molecule has 0 aliphatic heterocycles. The fraction of sp³-hybridized carbons (Fsp3) is 0.304. The molecule has 6 nitrogen and oxygen atoms in total. The Balaban J connectivity index is 2.01. The van der Waals surface area contributed by atoms with Gasteiger partial charge in [0.2, 0.25) is 5.95 Å². The smallest absolute Gasteiger partial charge is 0.406 e. The third kappa shape index (κ3) is 6.97. The van der Waals surface area contributed by atoms with Crippen LogP contribution in [-0.2, 0) is 0 Å². The van der Waals surface area contributed by atoms with E-state index in [2.05, 4.69) is 25.3 Å². The molecule has 3 aromatic rings. The average molecular weight is 481 g/mol. The molecule has 0 bridgehead atoms. The highest BCUT2D eigenvalue weighted by Gasteiger charge is 2.31. The van der Waals surface area contributed by atoms with Gasteiger partial charge in [0.1, 0.15) is 11.6 Å². The Morgan fingerprint density at radius 1 is 1.09 bits per heavy atom. The molecular weight excluding hydrogens is 457 g/mol. The highest BCUT2D eigenvalue weighted by Crippen LogP contribution is 2.30. The second-order valence-electron chi connectivity index (χ2n) is 7.80. The highest BCUT2D eigenvalue weighted by molar-refractivity contribution is 6.31. The molecule has 0 unspecified atom stereocenters. The highest BCUT2D eigenvalue weighted by atomic mass is 35.5. The van der Waals surface area contributed by atoms with Crippen LogP contribution in [-0.4, -0.2) is 34.1 Å². The molecule has 0 spiro atoms. The van der Waals surface area contributed by atoms with E-state index >= 15 is 0 Å². The number of aliphatic hydroxyl groups excluding tert-OH is 1. The summed E-state index contributed by atoms with van der Waals surface area (Å²) in [6, 6.07) is 12.2. The molecule has 1 atom stereocenters. The zero-order chi connectivity index (χ0) is 24.2. The van der Waals surface area contributed by atoms with Crippen LogP contribution < -0.4 is 15.4 Å². The largest absolute Gasteiger partial charge is 0.573 e. The van der Waals surface area contributed by atoms with Crippen LogP contribution >= 0.6 is 11.6 Å². The van der Waals surface area contributed by atoms with Gasteiger partial charge in [0.25, 0.3) is 0 Å². The van der Waals surface area contributed by atoms with E-state index < -0.39 is 6.36 Å². The molecule has 10 heteroatoms. The molecule has 0 amide bonds. The lowest BCUT2D eigenvalue weighted by Gasteiger charge is -2.21. The summed E-state index contributed by atoms with van der Waals surface area (Å²) < 4.78 is 42.0. The summed E-state index contributed by atoms with van der Waals surface area (Å²) in [6.45, 7) is 5.60. The first-order valence-electron chi connectivity index (χ1n) is 10.2. The zero-order valence-corrected chi connectivity index (χ0v) is 19.0. The van der Waals surface area contributed by atoms with Gasteiger partial charge in [0.15, 0.2) is 0 Å². The zero-order valence-electron chi connectivity index (χ0n) is 18.2. The monoisotopic (exact) mass is 480 g/mol. The molecule has 33 heavy (non-hydrogen) atoms. The van der Waals surface area contributed by atoms with Gasteiger partial charge in [-0.25, -0.2) is 4.98 Å². The standard InChI is InChI=1S/C23H24ClF3N4O2/c1-13(2)20(12-32)30-22-29-19(15-5-4-6-17(10-15)33-23(25,26)27)11-21(31-22)28-16-7-8-18(24)14(3)9-16/h4-11,13,20,32H,12H2,1-3H3,(H2,28,29,30,31)/t20-/m1/s1. The number of anilines is 3. The lowest BCUT2D eigenvalue weighted by Crippen LogP contribution is -2.30. The van der Waals surface area contributed by atoms with Crippen molar-refractivity contribution in [2.24, 2.45) is 5.92 Å². The number of alkyl halides is 3. The van der Waals surface area contributed by atoms with Crippen LogP contribution in [0.2, 0.25) is 5.02 Å². The maximum absolute atomic E-state index is 12.7. The Morgan fingerprint density at radius 3 is 2.48 bits per heavy atom. The van der Waals surface area contributed by atoms with E-state index in [4.69, 9.17) is 11.6 Å². The minimum Gasteiger partial charge on any atom is -0.406 e. The van der Waals surface area contributed by atoms with E-state index in [9.17, 15) is 18.3 Å². The number of nitrogens with one attached hydrogen (secondary N) is 2. The molecule has 0 saturated carbocycles. The predicted molar refractivity (Wildman–Crippen MR) is 123 cm³/mol. The van der Waals surface area contributed by atoms with Crippen LogP contribution in [0.15, 0.2) is 48.5 Å². The van der Waals surface area contributed by atoms with Crippen LogP contribution in [0.1, 0.15) is 19.4 Å². The van der Waals surface area contributed by atoms with Gasteiger partial charge in [-0.1, -0.05) is 37.6 Å².